The van der Waals surface area contributed by atoms with Crippen LogP contribution >= 0.6 is 15.9 Å². The van der Waals surface area contributed by atoms with E-state index in [1.54, 1.807) is 14.0 Å². The van der Waals surface area contributed by atoms with Crippen LogP contribution in [0.3, 0.4) is 0 Å². The van der Waals surface area contributed by atoms with Crippen molar-refractivity contribution in [3.63, 3.8) is 0 Å². The van der Waals surface area contributed by atoms with E-state index in [1.807, 2.05) is 18.2 Å². The van der Waals surface area contributed by atoms with Crippen LogP contribution in [-0.4, -0.2) is 25.4 Å². The van der Waals surface area contributed by atoms with E-state index in [0.717, 1.165) is 28.8 Å². The minimum absolute atomic E-state index is 0.303. The van der Waals surface area contributed by atoms with Crippen molar-refractivity contribution in [1.82, 2.24) is 5.32 Å². The molecule has 0 aromatic heterocycles. The molecule has 0 radical (unpaired) electrons. The molecule has 2 atom stereocenters. The van der Waals surface area contributed by atoms with Crippen molar-refractivity contribution in [3.05, 3.63) is 28.2 Å². The number of methoxy groups -OCH3 is 1. The number of hydrogen-bond donors (Lipinski definition) is 1. The fraction of sp³-hybridized carbons (Fsp3) is 0.625. The highest BCUT2D eigenvalue weighted by molar-refractivity contribution is 9.10. The maximum Gasteiger partial charge on any atom is 0.122 e. The third-order valence-corrected chi connectivity index (χ3v) is 4.38. The van der Waals surface area contributed by atoms with Crippen molar-refractivity contribution >= 4 is 15.9 Å². The van der Waals surface area contributed by atoms with Crippen LogP contribution in [0.4, 0.5) is 4.39 Å². The van der Waals surface area contributed by atoms with E-state index in [9.17, 15) is 4.39 Å². The second-order valence-electron chi connectivity index (χ2n) is 5.90. The van der Waals surface area contributed by atoms with Gasteiger partial charge in [0.05, 0.1) is 7.11 Å². The molecule has 1 aliphatic rings. The van der Waals surface area contributed by atoms with Gasteiger partial charge in [0, 0.05) is 16.9 Å². The summed E-state index contributed by atoms with van der Waals surface area (Å²) in [7, 11) is 1.63. The lowest BCUT2D eigenvalue weighted by Gasteiger charge is -2.30. The first-order valence-corrected chi connectivity index (χ1v) is 8.04. The molecule has 0 amide bonds. The Labute approximate surface area is 129 Å². The second kappa shape index (κ2) is 6.90. The average Bonchev–Trinajstić information content (AvgIpc) is 2.39. The van der Waals surface area contributed by atoms with E-state index < -0.39 is 5.67 Å². The number of rotatable bonds is 5. The van der Waals surface area contributed by atoms with Gasteiger partial charge in [-0.25, -0.2) is 4.39 Å². The third-order valence-electron chi connectivity index (χ3n) is 3.89. The minimum atomic E-state index is -1.22. The topological polar surface area (TPSA) is 21.3 Å². The molecule has 1 fully saturated rings. The second-order valence-corrected chi connectivity index (χ2v) is 6.81. The molecule has 0 aliphatic carbocycles. The summed E-state index contributed by atoms with van der Waals surface area (Å²) < 4.78 is 21.2. The SMILES string of the molecule is COc1ccc(Br)cc1CC(C)(F)CC1CCCCN1. The summed E-state index contributed by atoms with van der Waals surface area (Å²) in [6.07, 6.45) is 4.43. The average molecular weight is 344 g/mol. The normalized spacial score (nSPS) is 22.3. The molecule has 2 nitrogen and oxygen atoms in total. The number of piperidine rings is 1. The molecule has 1 heterocycles. The molecular weight excluding hydrogens is 321 g/mol. The van der Waals surface area contributed by atoms with Crippen LogP contribution in [0.1, 0.15) is 38.2 Å². The van der Waals surface area contributed by atoms with Crippen molar-refractivity contribution in [3.8, 4) is 5.75 Å². The summed E-state index contributed by atoms with van der Waals surface area (Å²) in [6, 6.07) is 6.05. The van der Waals surface area contributed by atoms with Crippen molar-refractivity contribution in [2.45, 2.75) is 50.7 Å². The lowest BCUT2D eigenvalue weighted by molar-refractivity contribution is 0.144. The maximum absolute atomic E-state index is 14.9. The van der Waals surface area contributed by atoms with E-state index in [1.165, 1.54) is 12.8 Å². The van der Waals surface area contributed by atoms with Crippen LogP contribution < -0.4 is 10.1 Å². The fourth-order valence-electron chi connectivity index (χ4n) is 2.97. The molecule has 112 valence electrons. The van der Waals surface area contributed by atoms with Gasteiger partial charge in [-0.1, -0.05) is 22.4 Å². The minimum Gasteiger partial charge on any atom is -0.496 e. The van der Waals surface area contributed by atoms with Crippen molar-refractivity contribution in [2.75, 3.05) is 13.7 Å². The Morgan fingerprint density at radius 2 is 2.25 bits per heavy atom. The maximum atomic E-state index is 14.9. The van der Waals surface area contributed by atoms with Gasteiger partial charge in [-0.3, -0.25) is 0 Å². The fourth-order valence-corrected chi connectivity index (χ4v) is 3.38. The molecule has 1 saturated heterocycles. The molecule has 2 rings (SSSR count). The Hall–Kier alpha value is -0.610. The highest BCUT2D eigenvalue weighted by Crippen LogP contribution is 2.31. The van der Waals surface area contributed by atoms with E-state index in [4.69, 9.17) is 4.74 Å². The van der Waals surface area contributed by atoms with Gasteiger partial charge in [0.1, 0.15) is 11.4 Å². The Kier molecular flexibility index (Phi) is 5.44. The molecule has 0 saturated carbocycles. The smallest absolute Gasteiger partial charge is 0.122 e. The number of hydrogen-bond acceptors (Lipinski definition) is 2. The first-order chi connectivity index (χ1) is 9.50. The van der Waals surface area contributed by atoms with Crippen LogP contribution in [0.25, 0.3) is 0 Å². The van der Waals surface area contributed by atoms with Crippen molar-refractivity contribution in [1.29, 1.82) is 0 Å². The summed E-state index contributed by atoms with van der Waals surface area (Å²) in [4.78, 5) is 0. The molecule has 20 heavy (non-hydrogen) atoms. The van der Waals surface area contributed by atoms with Crippen LogP contribution in [0.2, 0.25) is 0 Å². The Morgan fingerprint density at radius 3 is 2.90 bits per heavy atom. The molecule has 1 aromatic carbocycles. The van der Waals surface area contributed by atoms with Gasteiger partial charge < -0.3 is 10.1 Å². The molecule has 1 aliphatic heterocycles. The lowest BCUT2D eigenvalue weighted by atomic mass is 9.88. The van der Waals surface area contributed by atoms with Crippen LogP contribution in [0.15, 0.2) is 22.7 Å². The Bertz CT molecular complexity index is 444. The van der Waals surface area contributed by atoms with Crippen LogP contribution in [0.5, 0.6) is 5.75 Å². The first kappa shape index (κ1) is 15.8. The van der Waals surface area contributed by atoms with Crippen LogP contribution in [0, 0.1) is 0 Å². The highest BCUT2D eigenvalue weighted by Gasteiger charge is 2.29. The molecular formula is C16H23BrFNO. The zero-order valence-corrected chi connectivity index (χ0v) is 13.8. The third kappa shape index (κ3) is 4.45. The quantitative estimate of drug-likeness (QED) is 0.862. The predicted octanol–water partition coefficient (Wildman–Crippen LogP) is 4.26. The van der Waals surface area contributed by atoms with E-state index >= 15 is 0 Å². The molecule has 0 spiro atoms. The molecule has 1 N–H and O–H groups in total. The molecule has 2 unspecified atom stereocenters. The van der Waals surface area contributed by atoms with Gasteiger partial charge >= 0.3 is 0 Å². The molecule has 0 bridgehead atoms. The number of alkyl halides is 1. The van der Waals surface area contributed by atoms with Gasteiger partial charge in [0.2, 0.25) is 0 Å². The monoisotopic (exact) mass is 343 g/mol. The van der Waals surface area contributed by atoms with Crippen molar-refractivity contribution < 1.29 is 9.13 Å². The number of nitrogens with one attached hydrogen (secondary N) is 1. The number of benzene rings is 1. The van der Waals surface area contributed by atoms with Gasteiger partial charge in [0.15, 0.2) is 0 Å². The number of ether oxygens (including phenoxy) is 1. The molecule has 1 aromatic rings. The first-order valence-electron chi connectivity index (χ1n) is 7.25. The largest absolute Gasteiger partial charge is 0.496 e. The molecule has 4 heteroatoms. The van der Waals surface area contributed by atoms with Gasteiger partial charge in [-0.05, 0) is 56.5 Å². The predicted molar refractivity (Wildman–Crippen MR) is 84.2 cm³/mol. The van der Waals surface area contributed by atoms with E-state index in [2.05, 4.69) is 21.2 Å². The zero-order chi connectivity index (χ0) is 14.6. The van der Waals surface area contributed by atoms with Gasteiger partial charge in [-0.2, -0.15) is 0 Å². The summed E-state index contributed by atoms with van der Waals surface area (Å²) in [5.41, 5.74) is -0.300. The highest BCUT2D eigenvalue weighted by atomic mass is 79.9. The van der Waals surface area contributed by atoms with Gasteiger partial charge in [0.25, 0.3) is 0 Å². The standard InChI is InChI=1S/C16H23BrFNO/c1-16(18,11-14-5-3-4-8-19-14)10-12-9-13(17)6-7-15(12)20-2/h6-7,9,14,19H,3-5,8,10-11H2,1-2H3. The van der Waals surface area contributed by atoms with Crippen molar-refractivity contribution in [2.24, 2.45) is 0 Å². The van der Waals surface area contributed by atoms with Crippen LogP contribution in [-0.2, 0) is 6.42 Å². The lowest BCUT2D eigenvalue weighted by Crippen LogP contribution is -2.40. The summed E-state index contributed by atoms with van der Waals surface area (Å²) in [5, 5.41) is 3.42. The summed E-state index contributed by atoms with van der Waals surface area (Å²) in [5.74, 6) is 0.758. The summed E-state index contributed by atoms with van der Waals surface area (Å²) in [6.45, 7) is 2.71. The zero-order valence-electron chi connectivity index (χ0n) is 12.2. The number of halogens is 2. The van der Waals surface area contributed by atoms with E-state index in [-0.39, 0.29) is 0 Å². The summed E-state index contributed by atoms with van der Waals surface area (Å²) >= 11 is 3.44. The Morgan fingerprint density at radius 1 is 1.45 bits per heavy atom. The Balaban J connectivity index is 2.04. The van der Waals surface area contributed by atoms with E-state index in [0.29, 0.717) is 18.9 Å². The van der Waals surface area contributed by atoms with Gasteiger partial charge in [-0.15, -0.1) is 0 Å².